The second-order valence-corrected chi connectivity index (χ2v) is 5.59. The van der Waals surface area contributed by atoms with E-state index < -0.39 is 0 Å². The third-order valence-corrected chi connectivity index (χ3v) is 4.10. The molecule has 0 aromatic heterocycles. The quantitative estimate of drug-likeness (QED) is 0.778. The molecule has 0 radical (unpaired) electrons. The minimum absolute atomic E-state index is 0.408. The highest BCUT2D eigenvalue weighted by Crippen LogP contribution is 2.35. The van der Waals surface area contributed by atoms with E-state index in [1.54, 1.807) is 0 Å². The molecular weight excluding hydrogens is 230 g/mol. The first-order valence-corrected chi connectivity index (χ1v) is 7.16. The average molecular weight is 251 g/mol. The Hall–Kier alpha value is -1.60. The van der Waals surface area contributed by atoms with E-state index in [-0.39, 0.29) is 0 Å². The summed E-state index contributed by atoms with van der Waals surface area (Å²) in [5.74, 6) is 0. The summed E-state index contributed by atoms with van der Waals surface area (Å²) in [6.07, 6.45) is 1.16. The molecule has 0 saturated carbocycles. The summed E-state index contributed by atoms with van der Waals surface area (Å²) in [4.78, 5) is 2.61. The van der Waals surface area contributed by atoms with Crippen LogP contribution in [0.3, 0.4) is 0 Å². The maximum Gasteiger partial charge on any atom is 0.0606 e. The Morgan fingerprint density at radius 1 is 0.947 bits per heavy atom. The smallest absolute Gasteiger partial charge is 0.0606 e. The lowest BCUT2D eigenvalue weighted by Crippen LogP contribution is -2.40. The van der Waals surface area contributed by atoms with Crippen LogP contribution in [-0.2, 0) is 6.42 Å². The van der Waals surface area contributed by atoms with E-state index in [1.165, 1.54) is 16.7 Å². The Bertz CT molecular complexity index is 545. The maximum atomic E-state index is 2.61. The summed E-state index contributed by atoms with van der Waals surface area (Å²) in [5, 5.41) is 0. The van der Waals surface area contributed by atoms with Crippen LogP contribution < -0.4 is 0 Å². The van der Waals surface area contributed by atoms with Crippen molar-refractivity contribution < 1.29 is 0 Å². The molecule has 1 heteroatoms. The average Bonchev–Trinajstić information content (AvgIpc) is 2.46. The summed E-state index contributed by atoms with van der Waals surface area (Å²) in [5.41, 5.74) is 4.39. The van der Waals surface area contributed by atoms with Crippen molar-refractivity contribution in [1.82, 2.24) is 4.90 Å². The zero-order chi connectivity index (χ0) is 13.2. The Balaban J connectivity index is 2.10. The summed E-state index contributed by atoms with van der Waals surface area (Å²) >= 11 is 0. The lowest BCUT2D eigenvalue weighted by Gasteiger charge is -2.40. The van der Waals surface area contributed by atoms with Crippen LogP contribution in [-0.4, -0.2) is 17.5 Å². The van der Waals surface area contributed by atoms with Gasteiger partial charge in [-0.2, -0.15) is 0 Å². The molecule has 0 aliphatic carbocycles. The fourth-order valence-corrected chi connectivity index (χ4v) is 3.15. The van der Waals surface area contributed by atoms with E-state index >= 15 is 0 Å². The van der Waals surface area contributed by atoms with Gasteiger partial charge in [-0.15, -0.1) is 0 Å². The second kappa shape index (κ2) is 5.18. The highest BCUT2D eigenvalue weighted by molar-refractivity contribution is 5.39. The van der Waals surface area contributed by atoms with Crippen LogP contribution in [0.5, 0.6) is 0 Å². The highest BCUT2D eigenvalue weighted by Gasteiger charge is 2.29. The normalized spacial score (nSPS) is 19.4. The van der Waals surface area contributed by atoms with Crippen molar-refractivity contribution in [2.45, 2.75) is 32.4 Å². The van der Waals surface area contributed by atoms with Gasteiger partial charge in [0.1, 0.15) is 0 Å². The number of nitrogens with zero attached hydrogens (tertiary/aromatic N) is 1. The van der Waals surface area contributed by atoms with Crippen molar-refractivity contribution in [1.29, 1.82) is 0 Å². The van der Waals surface area contributed by atoms with E-state index in [2.05, 4.69) is 73.3 Å². The molecule has 0 amide bonds. The highest BCUT2D eigenvalue weighted by atomic mass is 15.2. The van der Waals surface area contributed by atoms with Crippen molar-refractivity contribution in [2.24, 2.45) is 0 Å². The zero-order valence-electron chi connectivity index (χ0n) is 11.7. The van der Waals surface area contributed by atoms with Crippen molar-refractivity contribution in [3.63, 3.8) is 0 Å². The van der Waals surface area contributed by atoms with Crippen LogP contribution in [0.2, 0.25) is 0 Å². The van der Waals surface area contributed by atoms with Gasteiger partial charge in [0.15, 0.2) is 0 Å². The lowest BCUT2D eigenvalue weighted by atomic mass is 9.87. The number of fused-ring (bicyclic) bond motifs is 1. The zero-order valence-corrected chi connectivity index (χ0v) is 11.7. The molecule has 1 aliphatic rings. The molecule has 1 heterocycles. The third kappa shape index (κ3) is 2.31. The molecule has 2 aromatic carbocycles. The monoisotopic (exact) mass is 251 g/mol. The summed E-state index contributed by atoms with van der Waals surface area (Å²) in [7, 11) is 0. The van der Waals surface area contributed by atoms with Gasteiger partial charge < -0.3 is 0 Å². The first kappa shape index (κ1) is 12.4. The fourth-order valence-electron chi connectivity index (χ4n) is 3.15. The van der Waals surface area contributed by atoms with Gasteiger partial charge in [0.25, 0.3) is 0 Å². The molecule has 0 fully saturated rings. The molecule has 0 spiro atoms. The fraction of sp³-hybridized carbons (Fsp3) is 0.333. The Labute approximate surface area is 115 Å². The van der Waals surface area contributed by atoms with Gasteiger partial charge >= 0.3 is 0 Å². The Morgan fingerprint density at radius 2 is 1.63 bits per heavy atom. The van der Waals surface area contributed by atoms with Crippen LogP contribution in [0, 0.1) is 0 Å². The second-order valence-electron chi connectivity index (χ2n) is 5.59. The molecule has 0 unspecified atom stereocenters. The predicted molar refractivity (Wildman–Crippen MR) is 80.3 cm³/mol. The van der Waals surface area contributed by atoms with Gasteiger partial charge in [-0.3, -0.25) is 4.90 Å². The molecule has 1 aliphatic heterocycles. The minimum atomic E-state index is 0.408. The standard InChI is InChI=1S/C18H21N/c1-14(2)19-13-12-15-8-6-7-11-17(15)18(19)16-9-4-3-5-10-16/h3-11,14,18H,12-13H2,1-2H3/t18-/m1/s1. The van der Waals surface area contributed by atoms with Gasteiger partial charge in [-0.25, -0.2) is 0 Å². The lowest BCUT2D eigenvalue weighted by molar-refractivity contribution is 0.167. The molecule has 2 aromatic rings. The van der Waals surface area contributed by atoms with Gasteiger partial charge in [-0.1, -0.05) is 54.6 Å². The van der Waals surface area contributed by atoms with Gasteiger partial charge in [0, 0.05) is 12.6 Å². The van der Waals surface area contributed by atoms with Crippen molar-refractivity contribution >= 4 is 0 Å². The number of benzene rings is 2. The molecule has 0 saturated heterocycles. The first-order valence-electron chi connectivity index (χ1n) is 7.16. The van der Waals surface area contributed by atoms with Crippen LogP contribution in [0.15, 0.2) is 54.6 Å². The largest absolute Gasteiger partial charge is 0.290 e. The van der Waals surface area contributed by atoms with E-state index in [0.29, 0.717) is 12.1 Å². The van der Waals surface area contributed by atoms with Crippen LogP contribution in [0.25, 0.3) is 0 Å². The first-order chi connectivity index (χ1) is 9.27. The number of hydrogen-bond acceptors (Lipinski definition) is 1. The van der Waals surface area contributed by atoms with E-state index in [1.807, 2.05) is 0 Å². The van der Waals surface area contributed by atoms with E-state index in [4.69, 9.17) is 0 Å². The van der Waals surface area contributed by atoms with Gasteiger partial charge in [0.2, 0.25) is 0 Å². The molecule has 1 nitrogen and oxygen atoms in total. The van der Waals surface area contributed by atoms with Crippen molar-refractivity contribution in [2.75, 3.05) is 6.54 Å². The van der Waals surface area contributed by atoms with Crippen LogP contribution in [0.1, 0.15) is 36.6 Å². The van der Waals surface area contributed by atoms with Crippen LogP contribution >= 0.6 is 0 Å². The molecule has 0 bridgehead atoms. The van der Waals surface area contributed by atoms with Crippen molar-refractivity contribution in [3.05, 3.63) is 71.3 Å². The summed E-state index contributed by atoms with van der Waals surface area (Å²) in [6.45, 7) is 5.74. The van der Waals surface area contributed by atoms with Gasteiger partial charge in [-0.05, 0) is 37.0 Å². The summed E-state index contributed by atoms with van der Waals surface area (Å²) in [6, 6.07) is 20.8. The number of hydrogen-bond donors (Lipinski definition) is 0. The SMILES string of the molecule is CC(C)N1CCc2ccccc2[C@H]1c1ccccc1. The predicted octanol–water partition coefficient (Wildman–Crippen LogP) is 4.04. The Morgan fingerprint density at radius 3 is 2.37 bits per heavy atom. The molecule has 3 rings (SSSR count). The van der Waals surface area contributed by atoms with Gasteiger partial charge in [0.05, 0.1) is 6.04 Å². The third-order valence-electron chi connectivity index (χ3n) is 4.10. The maximum absolute atomic E-state index is 2.61. The topological polar surface area (TPSA) is 3.24 Å². The molecular formula is C18H21N. The molecule has 98 valence electrons. The molecule has 1 atom stereocenters. The van der Waals surface area contributed by atoms with Crippen molar-refractivity contribution in [3.8, 4) is 0 Å². The molecule has 19 heavy (non-hydrogen) atoms. The van der Waals surface area contributed by atoms with E-state index in [9.17, 15) is 0 Å². The van der Waals surface area contributed by atoms with Crippen LogP contribution in [0.4, 0.5) is 0 Å². The minimum Gasteiger partial charge on any atom is -0.290 e. The number of rotatable bonds is 2. The molecule has 0 N–H and O–H groups in total. The Kier molecular flexibility index (Phi) is 3.39. The van der Waals surface area contributed by atoms with E-state index in [0.717, 1.165) is 13.0 Å². The summed E-state index contributed by atoms with van der Waals surface area (Å²) < 4.78 is 0.